The molecule has 8 heteroatoms. The van der Waals surface area contributed by atoms with Gasteiger partial charge in [-0.2, -0.15) is 5.10 Å². The second kappa shape index (κ2) is 6.72. The summed E-state index contributed by atoms with van der Waals surface area (Å²) in [5, 5.41) is 11.8. The molecule has 1 atom stereocenters. The lowest BCUT2D eigenvalue weighted by Crippen LogP contribution is -2.44. The van der Waals surface area contributed by atoms with E-state index in [-0.39, 0.29) is 11.9 Å². The third kappa shape index (κ3) is 2.73. The number of imidazole rings is 1. The molecule has 1 aliphatic rings. The summed E-state index contributed by atoms with van der Waals surface area (Å²) in [6.07, 6.45) is 3.39. The van der Waals surface area contributed by atoms with E-state index in [0.717, 1.165) is 29.1 Å². The third-order valence-electron chi connectivity index (χ3n) is 5.06. The van der Waals surface area contributed by atoms with Gasteiger partial charge in [0, 0.05) is 23.9 Å². The molecule has 1 aromatic carbocycles. The molecule has 0 saturated carbocycles. The molecule has 1 N–H and O–H groups in total. The zero-order valence-corrected chi connectivity index (χ0v) is 15.3. The van der Waals surface area contributed by atoms with Gasteiger partial charge in [0.1, 0.15) is 11.5 Å². The van der Waals surface area contributed by atoms with Crippen molar-refractivity contribution in [2.45, 2.75) is 13.0 Å². The maximum absolute atomic E-state index is 14.6. The minimum absolute atomic E-state index is 0.172. The molecule has 4 aromatic rings. The molecule has 0 radical (unpaired) electrons. The van der Waals surface area contributed by atoms with Crippen LogP contribution in [0.5, 0.6) is 0 Å². The Bertz CT molecular complexity index is 1120. The first-order chi connectivity index (χ1) is 13.7. The predicted molar refractivity (Wildman–Crippen MR) is 104 cm³/mol. The van der Waals surface area contributed by atoms with Crippen molar-refractivity contribution in [1.82, 2.24) is 24.8 Å². The van der Waals surface area contributed by atoms with Gasteiger partial charge in [0.25, 0.3) is 0 Å². The summed E-state index contributed by atoms with van der Waals surface area (Å²) >= 11 is 0. The van der Waals surface area contributed by atoms with Gasteiger partial charge < -0.3 is 9.64 Å². The van der Waals surface area contributed by atoms with Gasteiger partial charge in [-0.1, -0.05) is 18.2 Å². The standard InChI is InChI=1S/C20H19FN6O/c1-13-12-28-9-8-26(13)19-10-15(14-4-2-3-5-16(14)21)18-11-22-20(27(18)25-19)17-6-7-23-24-17/h2-7,10-11,13H,8-9,12H2,1H3,(H,23,24)/t13-/m1/s1. The Morgan fingerprint density at radius 1 is 1.21 bits per heavy atom. The van der Waals surface area contributed by atoms with Crippen LogP contribution in [0.2, 0.25) is 0 Å². The van der Waals surface area contributed by atoms with Crippen LogP contribution in [0.4, 0.5) is 10.2 Å². The lowest BCUT2D eigenvalue weighted by atomic mass is 10.1. The number of aromatic amines is 1. The second-order valence-corrected chi connectivity index (χ2v) is 6.86. The average molecular weight is 378 g/mol. The fourth-order valence-corrected chi connectivity index (χ4v) is 3.63. The molecule has 5 rings (SSSR count). The first kappa shape index (κ1) is 16.9. The summed E-state index contributed by atoms with van der Waals surface area (Å²) in [4.78, 5) is 6.71. The van der Waals surface area contributed by atoms with Crippen molar-refractivity contribution in [3.05, 3.63) is 54.6 Å². The van der Waals surface area contributed by atoms with E-state index in [9.17, 15) is 4.39 Å². The van der Waals surface area contributed by atoms with Crippen LogP contribution in [0.3, 0.4) is 0 Å². The van der Waals surface area contributed by atoms with Gasteiger partial charge >= 0.3 is 0 Å². The van der Waals surface area contributed by atoms with Gasteiger partial charge in [0.15, 0.2) is 11.6 Å². The number of hydrogen-bond donors (Lipinski definition) is 1. The number of H-pyrrole nitrogens is 1. The molecule has 0 spiro atoms. The number of nitrogens with one attached hydrogen (secondary N) is 1. The minimum atomic E-state index is -0.277. The maximum Gasteiger partial charge on any atom is 0.179 e. The van der Waals surface area contributed by atoms with Crippen molar-refractivity contribution >= 4 is 11.3 Å². The van der Waals surface area contributed by atoms with Crippen LogP contribution < -0.4 is 4.90 Å². The lowest BCUT2D eigenvalue weighted by molar-refractivity contribution is 0.0984. The smallest absolute Gasteiger partial charge is 0.179 e. The molecule has 1 fully saturated rings. The molecule has 0 amide bonds. The molecule has 142 valence electrons. The molecule has 3 aromatic heterocycles. The first-order valence-electron chi connectivity index (χ1n) is 9.20. The molecule has 1 saturated heterocycles. The zero-order valence-electron chi connectivity index (χ0n) is 15.3. The topological polar surface area (TPSA) is 71.3 Å². The third-order valence-corrected chi connectivity index (χ3v) is 5.06. The predicted octanol–water partition coefficient (Wildman–Crippen LogP) is 3.15. The van der Waals surface area contributed by atoms with Gasteiger partial charge in [-0.15, -0.1) is 5.10 Å². The van der Waals surface area contributed by atoms with Crippen molar-refractivity contribution in [2.75, 3.05) is 24.7 Å². The number of morpholine rings is 1. The maximum atomic E-state index is 14.6. The first-order valence-corrected chi connectivity index (χ1v) is 9.20. The molecule has 0 aliphatic carbocycles. The van der Waals surface area contributed by atoms with Crippen molar-refractivity contribution in [1.29, 1.82) is 0 Å². The van der Waals surface area contributed by atoms with E-state index in [1.165, 1.54) is 6.07 Å². The normalized spacial score (nSPS) is 17.4. The van der Waals surface area contributed by atoms with Crippen molar-refractivity contribution < 1.29 is 9.13 Å². The number of ether oxygens (including phenoxy) is 1. The van der Waals surface area contributed by atoms with Crippen molar-refractivity contribution in [3.63, 3.8) is 0 Å². The Kier molecular flexibility index (Phi) is 4.05. The van der Waals surface area contributed by atoms with Crippen LogP contribution in [0.1, 0.15) is 6.92 Å². The monoisotopic (exact) mass is 378 g/mol. The molecular formula is C20H19FN6O. The summed E-state index contributed by atoms with van der Waals surface area (Å²) in [7, 11) is 0. The molecule has 7 nitrogen and oxygen atoms in total. The number of nitrogens with zero attached hydrogens (tertiary/aromatic N) is 5. The number of hydrogen-bond acceptors (Lipinski definition) is 5. The highest BCUT2D eigenvalue weighted by Crippen LogP contribution is 2.32. The number of benzene rings is 1. The van der Waals surface area contributed by atoms with Crippen LogP contribution in [-0.2, 0) is 4.74 Å². The average Bonchev–Trinajstić information content (AvgIpc) is 3.37. The molecule has 28 heavy (non-hydrogen) atoms. The Hall–Kier alpha value is -3.26. The Labute approximate surface area is 160 Å². The van der Waals surface area contributed by atoms with Gasteiger partial charge in [-0.3, -0.25) is 5.10 Å². The highest BCUT2D eigenvalue weighted by atomic mass is 19.1. The molecular weight excluding hydrogens is 359 g/mol. The van der Waals surface area contributed by atoms with E-state index in [4.69, 9.17) is 9.84 Å². The summed E-state index contributed by atoms with van der Waals surface area (Å²) in [5.74, 6) is 1.12. The van der Waals surface area contributed by atoms with Crippen LogP contribution in [-0.4, -0.2) is 50.6 Å². The zero-order chi connectivity index (χ0) is 19.1. The number of aromatic nitrogens is 5. The van der Waals surface area contributed by atoms with Gasteiger partial charge in [-0.05, 0) is 25.1 Å². The fourth-order valence-electron chi connectivity index (χ4n) is 3.63. The summed E-state index contributed by atoms with van der Waals surface area (Å²) in [5.41, 5.74) is 2.76. The summed E-state index contributed by atoms with van der Waals surface area (Å²) < 4.78 is 22.0. The largest absolute Gasteiger partial charge is 0.377 e. The Balaban J connectivity index is 1.77. The van der Waals surface area contributed by atoms with E-state index in [1.54, 1.807) is 29.0 Å². The lowest BCUT2D eigenvalue weighted by Gasteiger charge is -2.34. The van der Waals surface area contributed by atoms with Crippen LogP contribution in [0, 0.1) is 5.82 Å². The SMILES string of the molecule is C[C@@H]1COCCN1c1cc(-c2ccccc2F)c2cnc(-c3ccn[nH]3)n2n1. The van der Waals surface area contributed by atoms with E-state index in [1.807, 2.05) is 18.2 Å². The molecule has 0 unspecified atom stereocenters. The van der Waals surface area contributed by atoms with Crippen LogP contribution in [0.25, 0.3) is 28.2 Å². The van der Waals surface area contributed by atoms with E-state index >= 15 is 0 Å². The van der Waals surface area contributed by atoms with E-state index in [0.29, 0.717) is 24.6 Å². The highest BCUT2D eigenvalue weighted by Gasteiger charge is 2.24. The number of halogens is 1. The van der Waals surface area contributed by atoms with Crippen molar-refractivity contribution in [3.8, 4) is 22.6 Å². The summed E-state index contributed by atoms with van der Waals surface area (Å²) in [6, 6.07) is 10.7. The van der Waals surface area contributed by atoms with E-state index in [2.05, 4.69) is 27.0 Å². The van der Waals surface area contributed by atoms with Crippen LogP contribution >= 0.6 is 0 Å². The second-order valence-electron chi connectivity index (χ2n) is 6.86. The Morgan fingerprint density at radius 3 is 2.89 bits per heavy atom. The minimum Gasteiger partial charge on any atom is -0.377 e. The highest BCUT2D eigenvalue weighted by molar-refractivity contribution is 5.83. The van der Waals surface area contributed by atoms with Crippen molar-refractivity contribution in [2.24, 2.45) is 0 Å². The summed E-state index contributed by atoms with van der Waals surface area (Å²) in [6.45, 7) is 4.09. The number of fused-ring (bicyclic) bond motifs is 1. The number of anilines is 1. The molecule has 4 heterocycles. The van der Waals surface area contributed by atoms with Gasteiger partial charge in [0.05, 0.1) is 31.0 Å². The van der Waals surface area contributed by atoms with Crippen LogP contribution in [0.15, 0.2) is 48.8 Å². The Morgan fingerprint density at radius 2 is 2.11 bits per heavy atom. The molecule has 1 aliphatic heterocycles. The quantitative estimate of drug-likeness (QED) is 0.593. The molecule has 0 bridgehead atoms. The van der Waals surface area contributed by atoms with E-state index < -0.39 is 0 Å². The fraction of sp³-hybridized carbons (Fsp3) is 0.250. The van der Waals surface area contributed by atoms with Gasteiger partial charge in [-0.25, -0.2) is 13.9 Å². The van der Waals surface area contributed by atoms with Gasteiger partial charge in [0.2, 0.25) is 0 Å². The number of rotatable bonds is 3.